The molecule has 7 nitrogen and oxygen atoms in total. The zero-order valence-electron chi connectivity index (χ0n) is 24.6. The average Bonchev–Trinajstić information content (AvgIpc) is 3.02. The summed E-state index contributed by atoms with van der Waals surface area (Å²) in [7, 11) is -4.23. The zero-order valence-corrected chi connectivity index (χ0v) is 26.1. The number of hydrogen-bond acceptors (Lipinski definition) is 4. The van der Waals surface area contributed by atoms with Crippen LogP contribution in [0.3, 0.4) is 0 Å². The summed E-state index contributed by atoms with van der Waals surface area (Å²) in [6, 6.07) is 27.9. The Hall–Kier alpha value is -4.21. The monoisotopic (exact) mass is 635 g/mol. The van der Waals surface area contributed by atoms with E-state index in [0.717, 1.165) is 9.87 Å². The van der Waals surface area contributed by atoms with E-state index < -0.39 is 34.3 Å². The number of sulfonamides is 1. The molecule has 0 saturated heterocycles. The molecule has 10 heteroatoms. The van der Waals surface area contributed by atoms with Gasteiger partial charge in [-0.25, -0.2) is 12.8 Å². The van der Waals surface area contributed by atoms with Gasteiger partial charge in [-0.15, -0.1) is 0 Å². The summed E-state index contributed by atoms with van der Waals surface area (Å²) in [6.45, 7) is 3.69. The van der Waals surface area contributed by atoms with Crippen LogP contribution in [0.15, 0.2) is 114 Å². The number of halogens is 2. The molecule has 0 aliphatic rings. The first-order valence-electron chi connectivity index (χ1n) is 14.2. The lowest BCUT2D eigenvalue weighted by atomic mass is 10.0. The lowest BCUT2D eigenvalue weighted by Crippen LogP contribution is -2.53. The number of carbonyl (C=O) groups is 2. The van der Waals surface area contributed by atoms with E-state index in [-0.39, 0.29) is 35.4 Å². The van der Waals surface area contributed by atoms with Gasteiger partial charge in [-0.2, -0.15) is 0 Å². The molecule has 0 aliphatic heterocycles. The predicted octanol–water partition coefficient (Wildman–Crippen LogP) is 6.09. The number of rotatable bonds is 13. The number of nitrogens with one attached hydrogen (secondary N) is 1. The molecule has 44 heavy (non-hydrogen) atoms. The molecule has 0 aliphatic carbocycles. The maximum absolute atomic E-state index is 14.3. The number of carbonyl (C=O) groups excluding carboxylic acids is 2. The van der Waals surface area contributed by atoms with Gasteiger partial charge in [0, 0.05) is 24.5 Å². The summed E-state index contributed by atoms with van der Waals surface area (Å²) >= 11 is 6.02. The van der Waals surface area contributed by atoms with Gasteiger partial charge in [-0.05, 0) is 65.6 Å². The minimum atomic E-state index is -4.23. The summed E-state index contributed by atoms with van der Waals surface area (Å²) in [5, 5.41) is 3.31. The standard InChI is InChI=1S/C34H35ClFN3O4S/c1-25(2)22-37-34(41)32(21-26-9-5-3-6-10-26)38(23-27-13-17-29(36)18-14-27)33(40)24-39(30-11-7-4-8-12-30)44(42,43)31-19-15-28(35)16-20-31/h3-20,25,32H,21-24H2,1-2H3,(H,37,41)/t32-/m0/s1. The largest absolute Gasteiger partial charge is 0.354 e. The Balaban J connectivity index is 1.77. The highest BCUT2D eigenvalue weighted by molar-refractivity contribution is 7.92. The first-order chi connectivity index (χ1) is 21.0. The smallest absolute Gasteiger partial charge is 0.264 e. The molecule has 4 aromatic rings. The van der Waals surface area contributed by atoms with Crippen LogP contribution in [-0.2, 0) is 32.6 Å². The molecule has 0 unspecified atom stereocenters. The predicted molar refractivity (Wildman–Crippen MR) is 171 cm³/mol. The van der Waals surface area contributed by atoms with Crippen molar-refractivity contribution in [2.45, 2.75) is 37.8 Å². The quantitative estimate of drug-likeness (QED) is 0.193. The van der Waals surface area contributed by atoms with Crippen molar-refractivity contribution in [1.29, 1.82) is 0 Å². The highest BCUT2D eigenvalue weighted by atomic mass is 35.5. The second-order valence-corrected chi connectivity index (χ2v) is 13.1. The molecule has 0 fully saturated rings. The van der Waals surface area contributed by atoms with Gasteiger partial charge in [0.2, 0.25) is 11.8 Å². The third-order valence-corrected chi connectivity index (χ3v) is 8.99. The van der Waals surface area contributed by atoms with Crippen molar-refractivity contribution in [3.63, 3.8) is 0 Å². The normalized spacial score (nSPS) is 12.0. The van der Waals surface area contributed by atoms with Crippen molar-refractivity contribution in [3.05, 3.63) is 131 Å². The van der Waals surface area contributed by atoms with Gasteiger partial charge in [0.25, 0.3) is 10.0 Å². The SMILES string of the molecule is CC(C)CNC(=O)[C@H](Cc1ccccc1)N(Cc1ccc(F)cc1)C(=O)CN(c1ccccc1)S(=O)(=O)c1ccc(Cl)cc1. The van der Waals surface area contributed by atoms with Crippen LogP contribution < -0.4 is 9.62 Å². The molecular weight excluding hydrogens is 601 g/mol. The fourth-order valence-electron chi connectivity index (χ4n) is 4.62. The minimum absolute atomic E-state index is 0.0425. The fourth-order valence-corrected chi connectivity index (χ4v) is 6.16. The maximum Gasteiger partial charge on any atom is 0.264 e. The second-order valence-electron chi connectivity index (χ2n) is 10.8. The van der Waals surface area contributed by atoms with Crippen molar-refractivity contribution < 1.29 is 22.4 Å². The van der Waals surface area contributed by atoms with Crippen LogP contribution in [0.4, 0.5) is 10.1 Å². The molecule has 230 valence electrons. The van der Waals surface area contributed by atoms with E-state index in [9.17, 15) is 22.4 Å². The molecular formula is C34H35ClFN3O4S. The fraction of sp³-hybridized carbons (Fsp3) is 0.235. The topological polar surface area (TPSA) is 86.8 Å². The Kier molecular flexibility index (Phi) is 11.1. The van der Waals surface area contributed by atoms with E-state index in [0.29, 0.717) is 17.1 Å². The van der Waals surface area contributed by atoms with Gasteiger partial charge in [-0.3, -0.25) is 13.9 Å². The van der Waals surface area contributed by atoms with Crippen LogP contribution in [-0.4, -0.2) is 44.3 Å². The average molecular weight is 636 g/mol. The molecule has 1 atom stereocenters. The van der Waals surface area contributed by atoms with Crippen LogP contribution in [0.25, 0.3) is 0 Å². The van der Waals surface area contributed by atoms with Gasteiger partial charge in [-0.1, -0.05) is 86.1 Å². The van der Waals surface area contributed by atoms with Crippen LogP contribution in [0.2, 0.25) is 5.02 Å². The summed E-state index contributed by atoms with van der Waals surface area (Å²) in [5.41, 5.74) is 1.69. The molecule has 0 aromatic heterocycles. The van der Waals surface area contributed by atoms with Gasteiger partial charge in [0.1, 0.15) is 18.4 Å². The van der Waals surface area contributed by atoms with Crippen LogP contribution >= 0.6 is 11.6 Å². The van der Waals surface area contributed by atoms with E-state index in [1.165, 1.54) is 41.3 Å². The lowest BCUT2D eigenvalue weighted by molar-refractivity contribution is -0.140. The molecule has 0 heterocycles. The zero-order chi connectivity index (χ0) is 31.7. The lowest BCUT2D eigenvalue weighted by Gasteiger charge is -2.34. The Labute approximate surface area is 263 Å². The van der Waals surface area contributed by atoms with Crippen LogP contribution in [0.1, 0.15) is 25.0 Å². The Morgan fingerprint density at radius 2 is 1.41 bits per heavy atom. The number of benzene rings is 4. The van der Waals surface area contributed by atoms with E-state index in [1.807, 2.05) is 44.2 Å². The molecule has 0 spiro atoms. The number of nitrogens with zero attached hydrogens (tertiary/aromatic N) is 2. The van der Waals surface area contributed by atoms with Gasteiger partial charge < -0.3 is 10.2 Å². The van der Waals surface area contributed by atoms with Crippen molar-refractivity contribution in [2.75, 3.05) is 17.4 Å². The van der Waals surface area contributed by atoms with E-state index >= 15 is 0 Å². The molecule has 2 amide bonds. The molecule has 0 radical (unpaired) electrons. The van der Waals surface area contributed by atoms with Gasteiger partial charge in [0.05, 0.1) is 10.6 Å². The first-order valence-corrected chi connectivity index (χ1v) is 16.1. The van der Waals surface area contributed by atoms with Gasteiger partial charge >= 0.3 is 0 Å². The van der Waals surface area contributed by atoms with E-state index in [1.54, 1.807) is 42.5 Å². The molecule has 0 saturated carbocycles. The number of hydrogen-bond donors (Lipinski definition) is 1. The highest BCUT2D eigenvalue weighted by Crippen LogP contribution is 2.26. The second kappa shape index (κ2) is 15.0. The maximum atomic E-state index is 14.3. The third-order valence-electron chi connectivity index (χ3n) is 6.95. The van der Waals surface area contributed by atoms with Crippen molar-refractivity contribution >= 4 is 39.1 Å². The number of anilines is 1. The van der Waals surface area contributed by atoms with E-state index in [4.69, 9.17) is 11.6 Å². The first kappa shape index (κ1) is 32.7. The van der Waals surface area contributed by atoms with E-state index in [2.05, 4.69) is 5.32 Å². The minimum Gasteiger partial charge on any atom is -0.354 e. The molecule has 4 rings (SSSR count). The number of amides is 2. The van der Waals surface area contributed by atoms with Crippen molar-refractivity contribution in [3.8, 4) is 0 Å². The Bertz CT molecular complexity index is 1640. The van der Waals surface area contributed by atoms with Crippen LogP contribution in [0.5, 0.6) is 0 Å². The summed E-state index contributed by atoms with van der Waals surface area (Å²) in [5.74, 6) is -1.25. The molecule has 0 bridgehead atoms. The van der Waals surface area contributed by atoms with Crippen molar-refractivity contribution in [1.82, 2.24) is 10.2 Å². The summed E-state index contributed by atoms with van der Waals surface area (Å²) in [4.78, 5) is 29.4. The summed E-state index contributed by atoms with van der Waals surface area (Å²) in [6.07, 6.45) is 0.187. The number of para-hydroxylation sites is 1. The van der Waals surface area contributed by atoms with Crippen LogP contribution in [0, 0.1) is 11.7 Å². The van der Waals surface area contributed by atoms with Crippen molar-refractivity contribution in [2.24, 2.45) is 5.92 Å². The van der Waals surface area contributed by atoms with Gasteiger partial charge in [0.15, 0.2) is 0 Å². The Morgan fingerprint density at radius 3 is 2.00 bits per heavy atom. The summed E-state index contributed by atoms with van der Waals surface area (Å²) < 4.78 is 42.7. The Morgan fingerprint density at radius 1 is 0.818 bits per heavy atom. The highest BCUT2D eigenvalue weighted by Gasteiger charge is 2.34. The molecule has 1 N–H and O–H groups in total. The third kappa shape index (κ3) is 8.67. The molecule has 4 aromatic carbocycles.